The number of ether oxygens (including phenoxy) is 1. The quantitative estimate of drug-likeness (QED) is 0.0710. The van der Waals surface area contributed by atoms with Crippen LogP contribution >= 0.6 is 45.2 Å². The predicted molar refractivity (Wildman–Crippen MR) is 253 cm³/mol. The Labute approximate surface area is 399 Å². The Kier molecular flexibility index (Phi) is 19.1. The summed E-state index contributed by atoms with van der Waals surface area (Å²) in [6.45, 7) is 6.05. The Hall–Kier alpha value is -5.07. The lowest BCUT2D eigenvalue weighted by molar-refractivity contribution is -0.142. The van der Waals surface area contributed by atoms with Crippen LogP contribution in [0.4, 0.5) is 0 Å². The highest BCUT2D eigenvalue weighted by molar-refractivity contribution is 14.1. The van der Waals surface area contributed by atoms with Gasteiger partial charge in [0, 0.05) is 19.4 Å². The number of aromatic hydroxyl groups is 1. The molecule has 1 heterocycles. The molecule has 0 spiro atoms. The van der Waals surface area contributed by atoms with Crippen molar-refractivity contribution in [2.75, 3.05) is 19.7 Å². The number of hydrogen-bond acceptors (Lipinski definition) is 11. The summed E-state index contributed by atoms with van der Waals surface area (Å²) in [5, 5.41) is 32.8. The smallest absolute Gasteiger partial charge is 0.246 e. The van der Waals surface area contributed by atoms with Gasteiger partial charge in [-0.2, -0.15) is 0 Å². The number of phenolic OH excluding ortho intramolecular Hbond substituents is 1. The van der Waals surface area contributed by atoms with Crippen molar-refractivity contribution in [3.63, 3.8) is 0 Å². The Morgan fingerprint density at radius 1 is 0.797 bits per heavy atom. The predicted octanol–water partition coefficient (Wildman–Crippen LogP) is 0.678. The van der Waals surface area contributed by atoms with E-state index < -0.39 is 90.8 Å². The summed E-state index contributed by atoms with van der Waals surface area (Å²) in [7, 11) is 0. The van der Waals surface area contributed by atoms with Gasteiger partial charge in [0.1, 0.15) is 47.3 Å². The number of aliphatic hydroxyl groups is 1. The van der Waals surface area contributed by atoms with E-state index in [1.165, 1.54) is 11.8 Å². The average Bonchev–Trinajstić information content (AvgIpc) is 3.74. The van der Waals surface area contributed by atoms with E-state index in [0.717, 1.165) is 5.56 Å². The second-order valence-electron chi connectivity index (χ2n) is 16.4. The molecular formula is C44H56I2N8O10. The van der Waals surface area contributed by atoms with Crippen LogP contribution in [-0.4, -0.2) is 118 Å². The molecule has 0 unspecified atom stereocenters. The summed E-state index contributed by atoms with van der Waals surface area (Å²) in [4.78, 5) is 94.2. The van der Waals surface area contributed by atoms with E-state index in [-0.39, 0.29) is 43.6 Å². The molecule has 0 aliphatic carbocycles. The van der Waals surface area contributed by atoms with E-state index in [2.05, 4.69) is 26.6 Å². The second-order valence-corrected chi connectivity index (χ2v) is 18.8. The zero-order valence-electron chi connectivity index (χ0n) is 36.0. The lowest BCUT2D eigenvalue weighted by Gasteiger charge is -2.29. The fourth-order valence-corrected chi connectivity index (χ4v) is 8.72. The van der Waals surface area contributed by atoms with E-state index in [1.54, 1.807) is 66.7 Å². The number of nitrogens with two attached hydrogens (primary N) is 2. The topological polar surface area (TPSA) is 285 Å². The van der Waals surface area contributed by atoms with Crippen molar-refractivity contribution in [2.24, 2.45) is 11.5 Å². The van der Waals surface area contributed by atoms with Gasteiger partial charge in [-0.3, -0.25) is 33.6 Å². The zero-order valence-corrected chi connectivity index (χ0v) is 40.3. The molecule has 0 aromatic heterocycles. The van der Waals surface area contributed by atoms with E-state index in [9.17, 15) is 43.8 Å². The van der Waals surface area contributed by atoms with Crippen molar-refractivity contribution in [3.8, 4) is 11.5 Å². The first-order valence-corrected chi connectivity index (χ1v) is 22.7. The van der Waals surface area contributed by atoms with E-state index in [0.29, 0.717) is 30.4 Å². The van der Waals surface area contributed by atoms with Crippen molar-refractivity contribution >= 4 is 86.5 Å². The monoisotopic (exact) mass is 1110 g/mol. The summed E-state index contributed by atoms with van der Waals surface area (Å²) in [6, 6.07) is 12.4. The molecule has 6 atom stereocenters. The molecule has 1 aliphatic rings. The van der Waals surface area contributed by atoms with Gasteiger partial charge in [0.05, 0.1) is 26.3 Å². The molecule has 64 heavy (non-hydrogen) atoms. The third-order valence-electron chi connectivity index (χ3n) is 10.1. The Bertz CT molecular complexity index is 2130. The summed E-state index contributed by atoms with van der Waals surface area (Å²) in [6.07, 6.45) is 0.829. The molecule has 7 amide bonds. The van der Waals surface area contributed by atoms with Gasteiger partial charge >= 0.3 is 0 Å². The fourth-order valence-electron chi connectivity index (χ4n) is 6.82. The molecule has 1 fully saturated rings. The Morgan fingerprint density at radius 2 is 1.41 bits per heavy atom. The number of likely N-dealkylation sites (tertiary alicyclic amines) is 1. The summed E-state index contributed by atoms with van der Waals surface area (Å²) in [5.41, 5.74) is 13.2. The van der Waals surface area contributed by atoms with E-state index >= 15 is 0 Å². The maximum Gasteiger partial charge on any atom is 0.246 e. The SMILES string of the molecule is C[C@@H](NC(=O)[C@@H](N)Cc1ccc(OC(C)(C)C)cc1)C(=O)N[C@@H](Cc1ccccc1)C(=O)NCC(=O)N[C@@H](Cc1cc(I)c(O)c(I)c1)C(=O)N1CCC[C@H]1C(=O)N[C@@H](CO)C(N)=O. The summed E-state index contributed by atoms with van der Waals surface area (Å²) < 4.78 is 6.85. The highest BCUT2D eigenvalue weighted by Crippen LogP contribution is 2.28. The molecular weight excluding hydrogens is 1050 g/mol. The van der Waals surface area contributed by atoms with E-state index in [1.807, 2.05) is 66.0 Å². The van der Waals surface area contributed by atoms with Crippen LogP contribution < -0.4 is 42.8 Å². The molecule has 346 valence electrons. The third-order valence-corrected chi connectivity index (χ3v) is 11.7. The van der Waals surface area contributed by atoms with Crippen LogP contribution in [0.25, 0.3) is 0 Å². The first kappa shape index (κ1) is 51.6. The number of carbonyl (C=O) groups excluding carboxylic acids is 7. The number of hydrogen-bond donors (Lipinski definition) is 9. The molecule has 18 nitrogen and oxygen atoms in total. The molecule has 1 aliphatic heterocycles. The minimum Gasteiger partial charge on any atom is -0.506 e. The number of carbonyl (C=O) groups is 7. The van der Waals surface area contributed by atoms with Gasteiger partial charge in [-0.1, -0.05) is 42.5 Å². The summed E-state index contributed by atoms with van der Waals surface area (Å²) in [5.74, 6) is -4.32. The largest absolute Gasteiger partial charge is 0.506 e. The molecule has 4 rings (SSSR count). The first-order chi connectivity index (χ1) is 30.1. The number of nitrogens with one attached hydrogen (secondary N) is 5. The number of primary amides is 1. The number of phenols is 1. The highest BCUT2D eigenvalue weighted by atomic mass is 127. The average molecular weight is 1110 g/mol. The van der Waals surface area contributed by atoms with Gasteiger partial charge in [-0.25, -0.2) is 0 Å². The second kappa shape index (κ2) is 23.7. The maximum atomic E-state index is 14.2. The highest BCUT2D eigenvalue weighted by Gasteiger charge is 2.39. The molecule has 0 saturated carbocycles. The Morgan fingerprint density at radius 3 is 2.00 bits per heavy atom. The van der Waals surface area contributed by atoms with Crippen molar-refractivity contribution in [3.05, 3.63) is 90.6 Å². The number of halogens is 2. The molecule has 11 N–H and O–H groups in total. The van der Waals surface area contributed by atoms with Crippen LogP contribution in [0.2, 0.25) is 0 Å². The van der Waals surface area contributed by atoms with Crippen LogP contribution in [0.15, 0.2) is 66.7 Å². The van der Waals surface area contributed by atoms with Crippen LogP contribution in [0.1, 0.15) is 57.2 Å². The minimum atomic E-state index is -1.37. The number of rotatable bonds is 20. The van der Waals surface area contributed by atoms with Crippen LogP contribution in [0.5, 0.6) is 11.5 Å². The minimum absolute atomic E-state index is 0.0275. The molecule has 3 aromatic rings. The fraction of sp³-hybridized carbons (Fsp3) is 0.432. The zero-order chi connectivity index (χ0) is 47.3. The lowest BCUT2D eigenvalue weighted by Crippen LogP contribution is -2.58. The Balaban J connectivity index is 1.44. The van der Waals surface area contributed by atoms with Gasteiger partial charge in [-0.15, -0.1) is 0 Å². The molecule has 3 aromatic carbocycles. The number of aliphatic hydroxyl groups excluding tert-OH is 1. The lowest BCUT2D eigenvalue weighted by atomic mass is 10.0. The normalized spacial score (nSPS) is 16.0. The molecule has 0 bridgehead atoms. The van der Waals surface area contributed by atoms with Crippen LogP contribution in [0.3, 0.4) is 0 Å². The number of nitrogens with zero attached hydrogens (tertiary/aromatic N) is 1. The van der Waals surface area contributed by atoms with Crippen molar-refractivity contribution in [1.82, 2.24) is 31.5 Å². The number of benzene rings is 3. The van der Waals surface area contributed by atoms with Crippen LogP contribution in [0, 0.1) is 7.14 Å². The van der Waals surface area contributed by atoms with Crippen molar-refractivity contribution < 1.29 is 48.5 Å². The molecule has 0 radical (unpaired) electrons. The van der Waals surface area contributed by atoms with Gasteiger partial charge in [0.2, 0.25) is 41.4 Å². The van der Waals surface area contributed by atoms with Gasteiger partial charge in [0.25, 0.3) is 0 Å². The number of amides is 7. The summed E-state index contributed by atoms with van der Waals surface area (Å²) >= 11 is 3.88. The van der Waals surface area contributed by atoms with Gasteiger partial charge in [0.15, 0.2) is 0 Å². The van der Waals surface area contributed by atoms with Crippen LogP contribution in [-0.2, 0) is 52.8 Å². The van der Waals surface area contributed by atoms with Gasteiger partial charge in [-0.05, 0) is 133 Å². The van der Waals surface area contributed by atoms with Gasteiger partial charge < -0.3 is 57.9 Å². The molecule has 1 saturated heterocycles. The van der Waals surface area contributed by atoms with Crippen molar-refractivity contribution in [2.45, 2.75) is 102 Å². The standard InChI is InChI=1S/C44H56I2N8O10/c1-24(50-40(60)31(47)19-26-12-14-28(15-13-26)64-44(2,3)4)39(59)52-32(20-25-9-6-5-7-10-25)41(61)49-22-36(56)51-33(21-27-17-29(45)37(57)30(46)18-27)43(63)54-16-8-11-35(54)42(62)53-34(23-55)38(48)58/h5-7,9-10,12-15,17-18,24,31-35,55,57H,8,11,16,19-23,47H2,1-4H3,(H2,48,58)(H,49,61)(H,50,60)(H,51,56)(H,52,59)(H,53,62)/t24-,31+,32+,33+,34+,35+/m1/s1. The van der Waals surface area contributed by atoms with Crippen molar-refractivity contribution in [1.29, 1.82) is 0 Å². The molecule has 20 heteroatoms. The first-order valence-electron chi connectivity index (χ1n) is 20.6. The van der Waals surface area contributed by atoms with E-state index in [4.69, 9.17) is 16.2 Å². The maximum absolute atomic E-state index is 14.2. The third kappa shape index (κ3) is 15.6.